The smallest absolute Gasteiger partial charge is 0.303 e. The number of rotatable bonds is 12. The van der Waals surface area contributed by atoms with Gasteiger partial charge >= 0.3 is 5.97 Å². The van der Waals surface area contributed by atoms with E-state index in [1.54, 1.807) is 6.08 Å². The number of aliphatic hydroxyl groups is 3. The number of hydrogen-bond acceptors (Lipinski definition) is 4. The summed E-state index contributed by atoms with van der Waals surface area (Å²) in [7, 11) is 0. The van der Waals surface area contributed by atoms with Gasteiger partial charge in [-0.25, -0.2) is 0 Å². The number of aliphatic hydroxyl groups excluding tert-OH is 3. The Morgan fingerprint density at radius 1 is 1.16 bits per heavy atom. The first-order chi connectivity index (χ1) is 12.0. The summed E-state index contributed by atoms with van der Waals surface area (Å²) in [5.74, 6) is -1.00. The van der Waals surface area contributed by atoms with Gasteiger partial charge in [0.05, 0.1) is 18.3 Å². The molecule has 0 unspecified atom stereocenters. The maximum absolute atomic E-state index is 10.5. The van der Waals surface area contributed by atoms with E-state index in [9.17, 15) is 20.1 Å². The van der Waals surface area contributed by atoms with Crippen LogP contribution in [0.2, 0.25) is 0 Å². The number of carboxylic acids is 1. The number of unbranched alkanes of at least 4 members (excludes halogenated alkanes) is 3. The Bertz CT molecular complexity index is 432. The number of carbonyl (C=O) groups is 1. The number of hydrogen-bond donors (Lipinski definition) is 4. The second-order valence-corrected chi connectivity index (χ2v) is 7.05. The summed E-state index contributed by atoms with van der Waals surface area (Å²) >= 11 is 0. The standard InChI is InChI=1S/C20H34O5/c1-2-3-6-9-15(21)12-13-17-16(18(22)14-19(17)23)10-7-4-5-8-11-20(24)25/h4,7,12-13,15-19,21-23H,2-3,5-6,8-11,14H2,1H3,(H,24,25)/t15-,16-,17-,18-,19-/m1/s1. The van der Waals surface area contributed by atoms with Crippen LogP contribution in [0.5, 0.6) is 0 Å². The summed E-state index contributed by atoms with van der Waals surface area (Å²) in [5.41, 5.74) is 0. The lowest BCUT2D eigenvalue weighted by Gasteiger charge is -2.19. The van der Waals surface area contributed by atoms with Gasteiger partial charge in [0.1, 0.15) is 0 Å². The van der Waals surface area contributed by atoms with E-state index in [4.69, 9.17) is 5.11 Å². The molecule has 1 fully saturated rings. The highest BCUT2D eigenvalue weighted by molar-refractivity contribution is 5.66. The third-order valence-corrected chi connectivity index (χ3v) is 4.91. The fraction of sp³-hybridized carbons (Fsp3) is 0.750. The second-order valence-electron chi connectivity index (χ2n) is 7.05. The van der Waals surface area contributed by atoms with Gasteiger partial charge in [0, 0.05) is 18.8 Å². The summed E-state index contributed by atoms with van der Waals surface area (Å²) in [6.07, 6.45) is 12.3. The van der Waals surface area contributed by atoms with E-state index in [1.165, 1.54) is 0 Å². The SMILES string of the molecule is CCCCC[C@@H](O)C=C[C@@H]1[C@@H](CC=CCCCC(=O)O)[C@H](O)C[C@H]1O. The quantitative estimate of drug-likeness (QED) is 0.319. The zero-order valence-corrected chi connectivity index (χ0v) is 15.3. The van der Waals surface area contributed by atoms with Crippen LogP contribution in [0.15, 0.2) is 24.3 Å². The number of carboxylic acid groups (broad SMARTS) is 1. The highest BCUT2D eigenvalue weighted by Crippen LogP contribution is 2.36. The van der Waals surface area contributed by atoms with E-state index < -0.39 is 24.3 Å². The normalized spacial score (nSPS) is 28.2. The van der Waals surface area contributed by atoms with Gasteiger partial charge in [0.25, 0.3) is 0 Å². The maximum Gasteiger partial charge on any atom is 0.303 e. The fourth-order valence-electron chi connectivity index (χ4n) is 3.41. The molecule has 4 N–H and O–H groups in total. The predicted molar refractivity (Wildman–Crippen MR) is 98.1 cm³/mol. The Balaban J connectivity index is 2.46. The second kappa shape index (κ2) is 12.2. The van der Waals surface area contributed by atoms with Crippen molar-refractivity contribution in [3.8, 4) is 0 Å². The minimum absolute atomic E-state index is 0.0650. The van der Waals surface area contributed by atoms with Gasteiger partial charge < -0.3 is 20.4 Å². The van der Waals surface area contributed by atoms with E-state index in [0.717, 1.165) is 25.7 Å². The lowest BCUT2D eigenvalue weighted by atomic mass is 9.89. The third kappa shape index (κ3) is 8.66. The van der Waals surface area contributed by atoms with Crippen LogP contribution in [0, 0.1) is 11.8 Å². The van der Waals surface area contributed by atoms with Crippen molar-refractivity contribution in [1.29, 1.82) is 0 Å². The summed E-state index contributed by atoms with van der Waals surface area (Å²) in [4.78, 5) is 10.5. The van der Waals surface area contributed by atoms with E-state index >= 15 is 0 Å². The fourth-order valence-corrected chi connectivity index (χ4v) is 3.41. The molecule has 0 aromatic heterocycles. The van der Waals surface area contributed by atoms with Crippen molar-refractivity contribution in [2.45, 2.75) is 83.0 Å². The minimum Gasteiger partial charge on any atom is -0.481 e. The van der Waals surface area contributed by atoms with Gasteiger partial charge in [-0.1, -0.05) is 50.5 Å². The van der Waals surface area contributed by atoms with Crippen molar-refractivity contribution < 1.29 is 25.2 Å². The molecule has 5 atom stereocenters. The minimum atomic E-state index is -0.787. The Morgan fingerprint density at radius 2 is 1.92 bits per heavy atom. The molecular weight excluding hydrogens is 320 g/mol. The van der Waals surface area contributed by atoms with E-state index in [2.05, 4.69) is 6.92 Å². The van der Waals surface area contributed by atoms with Crippen molar-refractivity contribution in [3.05, 3.63) is 24.3 Å². The largest absolute Gasteiger partial charge is 0.481 e. The van der Waals surface area contributed by atoms with Crippen LogP contribution in [0.25, 0.3) is 0 Å². The molecule has 0 bridgehead atoms. The first kappa shape index (κ1) is 21.9. The third-order valence-electron chi connectivity index (χ3n) is 4.91. The molecule has 0 aliphatic heterocycles. The van der Waals surface area contributed by atoms with Crippen LogP contribution in [0.3, 0.4) is 0 Å². The van der Waals surface area contributed by atoms with Gasteiger partial charge in [-0.3, -0.25) is 4.79 Å². The van der Waals surface area contributed by atoms with Gasteiger partial charge in [0.2, 0.25) is 0 Å². The van der Waals surface area contributed by atoms with Crippen molar-refractivity contribution in [1.82, 2.24) is 0 Å². The molecule has 0 heterocycles. The first-order valence-electron chi connectivity index (χ1n) is 9.55. The Hall–Kier alpha value is -1.17. The van der Waals surface area contributed by atoms with Gasteiger partial charge in [-0.2, -0.15) is 0 Å². The number of allylic oxidation sites excluding steroid dienone is 2. The van der Waals surface area contributed by atoms with Crippen LogP contribution in [0.1, 0.15) is 64.7 Å². The summed E-state index contributed by atoms with van der Waals surface area (Å²) in [6.45, 7) is 2.12. The summed E-state index contributed by atoms with van der Waals surface area (Å²) < 4.78 is 0. The molecule has 25 heavy (non-hydrogen) atoms. The molecule has 1 rings (SSSR count). The summed E-state index contributed by atoms with van der Waals surface area (Å²) in [5, 5.41) is 39.0. The van der Waals surface area contributed by atoms with Crippen LogP contribution >= 0.6 is 0 Å². The molecule has 1 saturated carbocycles. The molecule has 0 spiro atoms. The molecule has 144 valence electrons. The van der Waals surface area contributed by atoms with Crippen molar-refractivity contribution in [2.75, 3.05) is 0 Å². The van der Waals surface area contributed by atoms with Crippen molar-refractivity contribution >= 4 is 5.97 Å². The molecule has 1 aliphatic carbocycles. The highest BCUT2D eigenvalue weighted by atomic mass is 16.4. The average molecular weight is 354 g/mol. The Morgan fingerprint density at radius 3 is 2.60 bits per heavy atom. The van der Waals surface area contributed by atoms with Crippen LogP contribution in [0.4, 0.5) is 0 Å². The van der Waals surface area contributed by atoms with E-state index in [1.807, 2.05) is 18.2 Å². The molecule has 0 amide bonds. The highest BCUT2D eigenvalue weighted by Gasteiger charge is 2.39. The molecule has 5 heteroatoms. The van der Waals surface area contributed by atoms with Crippen molar-refractivity contribution in [3.63, 3.8) is 0 Å². The molecule has 1 aliphatic rings. The van der Waals surface area contributed by atoms with Gasteiger partial charge in [0.15, 0.2) is 0 Å². The molecule has 0 aromatic carbocycles. The monoisotopic (exact) mass is 354 g/mol. The molecule has 0 aromatic rings. The maximum atomic E-state index is 10.5. The summed E-state index contributed by atoms with van der Waals surface area (Å²) in [6, 6.07) is 0. The van der Waals surface area contributed by atoms with Crippen LogP contribution in [-0.2, 0) is 4.79 Å². The average Bonchev–Trinajstić information content (AvgIpc) is 2.82. The van der Waals surface area contributed by atoms with E-state index in [0.29, 0.717) is 25.7 Å². The Labute approximate surface area is 151 Å². The molecule has 0 radical (unpaired) electrons. The lowest BCUT2D eigenvalue weighted by molar-refractivity contribution is -0.137. The lowest BCUT2D eigenvalue weighted by Crippen LogP contribution is -2.20. The van der Waals surface area contributed by atoms with Crippen molar-refractivity contribution in [2.24, 2.45) is 11.8 Å². The topological polar surface area (TPSA) is 98.0 Å². The van der Waals surface area contributed by atoms with E-state index in [-0.39, 0.29) is 18.3 Å². The van der Waals surface area contributed by atoms with Gasteiger partial charge in [-0.15, -0.1) is 0 Å². The molecule has 5 nitrogen and oxygen atoms in total. The molecular formula is C20H34O5. The Kier molecular flexibility index (Phi) is 10.7. The zero-order chi connectivity index (χ0) is 18.7. The van der Waals surface area contributed by atoms with Crippen LogP contribution in [-0.4, -0.2) is 44.7 Å². The van der Waals surface area contributed by atoms with Crippen LogP contribution < -0.4 is 0 Å². The first-order valence-corrected chi connectivity index (χ1v) is 9.55. The zero-order valence-electron chi connectivity index (χ0n) is 15.3. The molecule has 0 saturated heterocycles. The van der Waals surface area contributed by atoms with Gasteiger partial charge in [-0.05, 0) is 31.6 Å². The number of aliphatic carboxylic acids is 1. The predicted octanol–water partition coefficient (Wildman–Crippen LogP) is 3.04.